The molecule has 2 aromatic rings. The van der Waals surface area contributed by atoms with Crippen LogP contribution in [0.1, 0.15) is 30.9 Å². The summed E-state index contributed by atoms with van der Waals surface area (Å²) in [5, 5.41) is 12.4. The number of rotatable bonds is 5. The van der Waals surface area contributed by atoms with E-state index in [0.717, 1.165) is 49.5 Å². The second-order valence-corrected chi connectivity index (χ2v) is 6.51. The summed E-state index contributed by atoms with van der Waals surface area (Å²) in [7, 11) is 2.15. The fraction of sp³-hybridized carbons (Fsp3) is 0.381. The molecule has 0 unspecified atom stereocenters. The Labute approximate surface area is 150 Å². The number of nitriles is 1. The highest BCUT2D eigenvalue weighted by atomic mass is 16.5. The van der Waals surface area contributed by atoms with Gasteiger partial charge in [-0.3, -0.25) is 0 Å². The standard InChI is InChI=1S/C21H24N3O/c1-3-17-5-4-6-20(25-19-11-13-24(2)14-12-19)21(17)23-18-9-7-16(15-22)8-10-18/h5-10,19,23H,3,11-14H2,1-2H3. The molecule has 25 heavy (non-hydrogen) atoms. The van der Waals surface area contributed by atoms with E-state index in [2.05, 4.69) is 36.3 Å². The number of aryl methyl sites for hydroxylation is 1. The van der Waals surface area contributed by atoms with Gasteiger partial charge >= 0.3 is 0 Å². The first kappa shape index (κ1) is 17.3. The van der Waals surface area contributed by atoms with Gasteiger partial charge < -0.3 is 15.0 Å². The van der Waals surface area contributed by atoms with E-state index in [9.17, 15) is 0 Å². The Morgan fingerprint density at radius 3 is 2.60 bits per heavy atom. The lowest BCUT2D eigenvalue weighted by molar-refractivity contribution is 0.115. The normalized spacial score (nSPS) is 15.6. The van der Waals surface area contributed by atoms with Crippen LogP contribution < -0.4 is 10.1 Å². The first-order valence-electron chi connectivity index (χ1n) is 8.85. The van der Waals surface area contributed by atoms with Gasteiger partial charge in [-0.2, -0.15) is 5.26 Å². The topological polar surface area (TPSA) is 48.3 Å². The summed E-state index contributed by atoms with van der Waals surface area (Å²) in [6, 6.07) is 16.8. The Morgan fingerprint density at radius 1 is 1.24 bits per heavy atom. The van der Waals surface area contributed by atoms with Crippen LogP contribution >= 0.6 is 0 Å². The summed E-state index contributed by atoms with van der Waals surface area (Å²) in [5.41, 5.74) is 3.79. The van der Waals surface area contributed by atoms with Gasteiger partial charge in [0.25, 0.3) is 0 Å². The molecule has 1 saturated heterocycles. The van der Waals surface area contributed by atoms with Crippen LogP contribution in [0.5, 0.6) is 5.75 Å². The van der Waals surface area contributed by atoms with Crippen molar-refractivity contribution < 1.29 is 4.74 Å². The maximum absolute atomic E-state index is 8.95. The summed E-state index contributed by atoms with van der Waals surface area (Å²) in [4.78, 5) is 2.34. The molecule has 1 radical (unpaired) electrons. The molecule has 0 spiro atoms. The van der Waals surface area contributed by atoms with E-state index in [0.29, 0.717) is 5.56 Å². The summed E-state index contributed by atoms with van der Waals surface area (Å²) in [5.74, 6) is 0.860. The van der Waals surface area contributed by atoms with Gasteiger partial charge in [0.2, 0.25) is 0 Å². The molecule has 0 amide bonds. The Balaban J connectivity index is 1.82. The van der Waals surface area contributed by atoms with Gasteiger partial charge in [-0.15, -0.1) is 0 Å². The van der Waals surface area contributed by atoms with E-state index >= 15 is 0 Å². The van der Waals surface area contributed by atoms with Gasteiger partial charge in [-0.05, 0) is 74.3 Å². The fourth-order valence-corrected chi connectivity index (χ4v) is 3.09. The highest BCUT2D eigenvalue weighted by Crippen LogP contribution is 2.33. The Hall–Kier alpha value is -2.51. The van der Waals surface area contributed by atoms with E-state index in [4.69, 9.17) is 10.00 Å². The third-order valence-electron chi connectivity index (χ3n) is 4.66. The molecule has 0 bridgehead atoms. The lowest BCUT2D eigenvalue weighted by atomic mass is 10.1. The van der Waals surface area contributed by atoms with Gasteiger partial charge in [-0.1, -0.05) is 6.92 Å². The zero-order valence-electron chi connectivity index (χ0n) is 14.9. The minimum atomic E-state index is 0.248. The zero-order chi connectivity index (χ0) is 17.6. The first-order chi connectivity index (χ1) is 12.2. The molecule has 4 heteroatoms. The van der Waals surface area contributed by atoms with E-state index in [1.807, 2.05) is 36.4 Å². The number of likely N-dealkylation sites (tertiary alicyclic amines) is 1. The molecule has 1 heterocycles. The van der Waals surface area contributed by atoms with Gasteiger partial charge in [0.05, 0.1) is 17.3 Å². The zero-order valence-corrected chi connectivity index (χ0v) is 14.9. The maximum Gasteiger partial charge on any atom is 0.144 e. The highest BCUT2D eigenvalue weighted by molar-refractivity contribution is 5.70. The molecule has 1 N–H and O–H groups in total. The highest BCUT2D eigenvalue weighted by Gasteiger charge is 2.20. The van der Waals surface area contributed by atoms with Crippen molar-refractivity contribution in [1.82, 2.24) is 4.90 Å². The van der Waals surface area contributed by atoms with Crippen LogP contribution in [0.25, 0.3) is 0 Å². The molecule has 0 atom stereocenters. The van der Waals surface area contributed by atoms with Crippen LogP contribution in [0.3, 0.4) is 0 Å². The van der Waals surface area contributed by atoms with Crippen molar-refractivity contribution in [3.05, 3.63) is 53.6 Å². The molecule has 4 nitrogen and oxygen atoms in total. The lowest BCUT2D eigenvalue weighted by Gasteiger charge is -2.30. The SMILES string of the molecule is CCc1c[c]cc(OC2CCN(C)CC2)c1Nc1ccc(C#N)cc1. The summed E-state index contributed by atoms with van der Waals surface area (Å²) in [6.07, 6.45) is 3.24. The first-order valence-corrected chi connectivity index (χ1v) is 8.85. The van der Waals surface area contributed by atoms with Crippen LogP contribution in [-0.4, -0.2) is 31.1 Å². The molecule has 129 valence electrons. The van der Waals surface area contributed by atoms with Crippen molar-refractivity contribution in [2.24, 2.45) is 0 Å². The van der Waals surface area contributed by atoms with Crippen molar-refractivity contribution in [3.8, 4) is 11.8 Å². The van der Waals surface area contributed by atoms with Crippen molar-refractivity contribution >= 4 is 11.4 Å². The van der Waals surface area contributed by atoms with E-state index in [1.165, 1.54) is 5.56 Å². The van der Waals surface area contributed by atoms with Gasteiger partial charge in [-0.25, -0.2) is 0 Å². The van der Waals surface area contributed by atoms with Crippen LogP contribution in [0.15, 0.2) is 36.4 Å². The molecule has 0 aliphatic carbocycles. The van der Waals surface area contributed by atoms with Crippen molar-refractivity contribution in [3.63, 3.8) is 0 Å². The average molecular weight is 334 g/mol. The van der Waals surface area contributed by atoms with Gasteiger partial charge in [0, 0.05) is 18.8 Å². The third-order valence-corrected chi connectivity index (χ3v) is 4.66. The molecule has 3 rings (SSSR count). The Kier molecular flexibility index (Phi) is 5.57. The van der Waals surface area contributed by atoms with Gasteiger partial charge in [0.15, 0.2) is 0 Å². The summed E-state index contributed by atoms with van der Waals surface area (Å²) < 4.78 is 6.32. The minimum absolute atomic E-state index is 0.248. The maximum atomic E-state index is 8.95. The number of piperidine rings is 1. The molecule has 1 fully saturated rings. The van der Waals surface area contributed by atoms with Crippen LogP contribution in [0.2, 0.25) is 0 Å². The molecule has 0 saturated carbocycles. The molecule has 2 aromatic carbocycles. The van der Waals surface area contributed by atoms with E-state index in [-0.39, 0.29) is 6.10 Å². The third kappa shape index (κ3) is 4.32. The fourth-order valence-electron chi connectivity index (χ4n) is 3.09. The Morgan fingerprint density at radius 2 is 1.96 bits per heavy atom. The van der Waals surface area contributed by atoms with Gasteiger partial charge in [0.1, 0.15) is 11.9 Å². The number of benzene rings is 2. The minimum Gasteiger partial charge on any atom is -0.488 e. The smallest absolute Gasteiger partial charge is 0.144 e. The van der Waals surface area contributed by atoms with Crippen LogP contribution in [-0.2, 0) is 6.42 Å². The van der Waals surface area contributed by atoms with Crippen molar-refractivity contribution in [1.29, 1.82) is 5.26 Å². The van der Waals surface area contributed by atoms with Crippen LogP contribution in [0.4, 0.5) is 11.4 Å². The molecule has 1 aliphatic heterocycles. The quantitative estimate of drug-likeness (QED) is 0.893. The summed E-state index contributed by atoms with van der Waals surface area (Å²) in [6.45, 7) is 4.27. The molecule has 0 aromatic heterocycles. The second-order valence-electron chi connectivity index (χ2n) is 6.51. The molecule has 1 aliphatic rings. The molecular weight excluding hydrogens is 310 g/mol. The number of anilines is 2. The largest absolute Gasteiger partial charge is 0.488 e. The molecular formula is C21H24N3O. The number of ether oxygens (including phenoxy) is 1. The average Bonchev–Trinajstić information content (AvgIpc) is 2.65. The lowest BCUT2D eigenvalue weighted by Crippen LogP contribution is -2.35. The number of hydrogen-bond donors (Lipinski definition) is 1. The Bertz CT molecular complexity index is 741. The van der Waals surface area contributed by atoms with Crippen LogP contribution in [0, 0.1) is 17.4 Å². The number of nitrogens with zero attached hydrogens (tertiary/aromatic N) is 2. The predicted molar refractivity (Wildman–Crippen MR) is 100 cm³/mol. The van der Waals surface area contributed by atoms with Crippen molar-refractivity contribution in [2.75, 3.05) is 25.5 Å². The van der Waals surface area contributed by atoms with E-state index < -0.39 is 0 Å². The number of nitrogens with one attached hydrogen (secondary N) is 1. The predicted octanol–water partition coefficient (Wildman–Crippen LogP) is 4.14. The van der Waals surface area contributed by atoms with E-state index in [1.54, 1.807) is 0 Å². The summed E-state index contributed by atoms with van der Waals surface area (Å²) >= 11 is 0. The number of hydrogen-bond acceptors (Lipinski definition) is 4. The monoisotopic (exact) mass is 334 g/mol. The van der Waals surface area contributed by atoms with Crippen molar-refractivity contribution in [2.45, 2.75) is 32.3 Å². The second kappa shape index (κ2) is 8.04.